The van der Waals surface area contributed by atoms with Gasteiger partial charge in [0, 0.05) is 11.9 Å². The van der Waals surface area contributed by atoms with Crippen LogP contribution in [-0.2, 0) is 0 Å². The van der Waals surface area contributed by atoms with Crippen molar-refractivity contribution in [2.24, 2.45) is 0 Å². The van der Waals surface area contributed by atoms with Crippen LogP contribution in [0, 0.1) is 13.8 Å². The average Bonchev–Trinajstić information content (AvgIpc) is 2.29. The summed E-state index contributed by atoms with van der Waals surface area (Å²) in [6.45, 7) is 3.93. The van der Waals surface area contributed by atoms with Gasteiger partial charge in [-0.25, -0.2) is 0 Å². The van der Waals surface area contributed by atoms with E-state index in [4.69, 9.17) is 0 Å². The molecule has 0 amide bonds. The van der Waals surface area contributed by atoms with Crippen LogP contribution < -0.4 is 0 Å². The summed E-state index contributed by atoms with van der Waals surface area (Å²) in [6.07, 6.45) is 1.16. The summed E-state index contributed by atoms with van der Waals surface area (Å²) in [7, 11) is 0. The molecule has 1 N–H and O–H groups in total. The zero-order valence-corrected chi connectivity index (χ0v) is 9.51. The summed E-state index contributed by atoms with van der Waals surface area (Å²) in [5.74, 6) is 0. The van der Waals surface area contributed by atoms with Crippen LogP contribution >= 0.6 is 0 Å². The van der Waals surface area contributed by atoms with E-state index in [-0.39, 0.29) is 0 Å². The Labute approximate surface area is 95.6 Å². The molecule has 0 spiro atoms. The summed E-state index contributed by atoms with van der Waals surface area (Å²) >= 11 is 0. The Balaban J connectivity index is 2.39. The molecule has 82 valence electrons. The smallest absolute Gasteiger partial charge is 0.104 e. The molecule has 2 nitrogen and oxygen atoms in total. The van der Waals surface area contributed by atoms with E-state index in [2.05, 4.69) is 4.98 Å². The van der Waals surface area contributed by atoms with Gasteiger partial charge in [-0.15, -0.1) is 0 Å². The van der Waals surface area contributed by atoms with Gasteiger partial charge in [-0.1, -0.05) is 24.3 Å². The first kappa shape index (κ1) is 10.8. The van der Waals surface area contributed by atoms with Crippen LogP contribution in [0.5, 0.6) is 0 Å². The molecule has 1 atom stereocenters. The van der Waals surface area contributed by atoms with Gasteiger partial charge in [0.25, 0.3) is 0 Å². The number of aliphatic hydroxyl groups is 1. The second kappa shape index (κ2) is 4.45. The Morgan fingerprint density at radius 2 is 1.88 bits per heavy atom. The number of hydrogen-bond acceptors (Lipinski definition) is 2. The van der Waals surface area contributed by atoms with Crippen LogP contribution in [0.1, 0.15) is 28.5 Å². The largest absolute Gasteiger partial charge is 0.384 e. The zero-order valence-electron chi connectivity index (χ0n) is 9.51. The molecule has 1 aromatic heterocycles. The lowest BCUT2D eigenvalue weighted by Crippen LogP contribution is -2.02. The summed E-state index contributed by atoms with van der Waals surface area (Å²) in [4.78, 5) is 4.13. The van der Waals surface area contributed by atoms with Gasteiger partial charge in [0.15, 0.2) is 0 Å². The van der Waals surface area contributed by atoms with Crippen molar-refractivity contribution in [2.75, 3.05) is 0 Å². The highest BCUT2D eigenvalue weighted by Crippen LogP contribution is 2.24. The van der Waals surface area contributed by atoms with Crippen molar-refractivity contribution in [1.82, 2.24) is 4.98 Å². The van der Waals surface area contributed by atoms with Gasteiger partial charge in [-0.05, 0) is 42.7 Å². The molecule has 1 unspecified atom stereocenters. The minimum atomic E-state index is -0.567. The van der Waals surface area contributed by atoms with Crippen molar-refractivity contribution >= 4 is 0 Å². The SMILES string of the molecule is Cc1cc(C(O)c2ccccc2C)ccn1. The van der Waals surface area contributed by atoms with Gasteiger partial charge >= 0.3 is 0 Å². The fourth-order valence-corrected chi connectivity index (χ4v) is 1.81. The first-order valence-electron chi connectivity index (χ1n) is 5.34. The molecule has 0 radical (unpaired) electrons. The third kappa shape index (κ3) is 2.12. The van der Waals surface area contributed by atoms with E-state index in [9.17, 15) is 5.11 Å². The number of aromatic nitrogens is 1. The molecule has 0 aliphatic heterocycles. The van der Waals surface area contributed by atoms with Gasteiger partial charge in [-0.3, -0.25) is 4.98 Å². The summed E-state index contributed by atoms with van der Waals surface area (Å²) < 4.78 is 0. The average molecular weight is 213 g/mol. The number of aryl methyl sites for hydroxylation is 2. The number of rotatable bonds is 2. The van der Waals surface area contributed by atoms with Crippen LogP contribution in [0.15, 0.2) is 42.6 Å². The third-order valence-corrected chi connectivity index (χ3v) is 2.72. The van der Waals surface area contributed by atoms with Gasteiger partial charge < -0.3 is 5.11 Å². The molecule has 1 aromatic carbocycles. The quantitative estimate of drug-likeness (QED) is 0.832. The molecular formula is C14H15NO. The monoisotopic (exact) mass is 213 g/mol. The number of nitrogens with zero attached hydrogens (tertiary/aromatic N) is 1. The number of hydrogen-bond donors (Lipinski definition) is 1. The van der Waals surface area contributed by atoms with Crippen molar-refractivity contribution in [3.63, 3.8) is 0 Å². The standard InChI is InChI=1S/C14H15NO/c1-10-5-3-4-6-13(10)14(16)12-7-8-15-11(2)9-12/h3-9,14,16H,1-2H3. The van der Waals surface area contributed by atoms with E-state index >= 15 is 0 Å². The Morgan fingerprint density at radius 3 is 2.56 bits per heavy atom. The van der Waals surface area contributed by atoms with E-state index in [1.807, 2.05) is 50.2 Å². The van der Waals surface area contributed by atoms with Crippen molar-refractivity contribution in [3.05, 3.63) is 65.0 Å². The molecule has 2 heteroatoms. The predicted octanol–water partition coefficient (Wildman–Crippen LogP) is 2.78. The van der Waals surface area contributed by atoms with E-state index < -0.39 is 6.10 Å². The zero-order chi connectivity index (χ0) is 11.5. The fraction of sp³-hybridized carbons (Fsp3) is 0.214. The molecular weight excluding hydrogens is 198 g/mol. The number of benzene rings is 1. The summed E-state index contributed by atoms with van der Waals surface area (Å²) in [5.41, 5.74) is 3.87. The lowest BCUT2D eigenvalue weighted by Gasteiger charge is -2.14. The molecule has 16 heavy (non-hydrogen) atoms. The van der Waals surface area contributed by atoms with E-state index in [1.54, 1.807) is 6.20 Å². The molecule has 0 aliphatic carbocycles. The van der Waals surface area contributed by atoms with Gasteiger partial charge in [0.05, 0.1) is 0 Å². The van der Waals surface area contributed by atoms with Crippen molar-refractivity contribution in [2.45, 2.75) is 20.0 Å². The molecule has 1 heterocycles. The van der Waals surface area contributed by atoms with Crippen molar-refractivity contribution < 1.29 is 5.11 Å². The molecule has 0 saturated heterocycles. The van der Waals surface area contributed by atoms with Gasteiger partial charge in [0.2, 0.25) is 0 Å². The topological polar surface area (TPSA) is 33.1 Å². The molecule has 0 saturated carbocycles. The molecule has 2 rings (SSSR count). The number of aliphatic hydroxyl groups excluding tert-OH is 1. The number of pyridine rings is 1. The van der Waals surface area contributed by atoms with Gasteiger partial charge in [-0.2, -0.15) is 0 Å². The Kier molecular flexibility index (Phi) is 3.02. The maximum Gasteiger partial charge on any atom is 0.104 e. The van der Waals surface area contributed by atoms with Crippen LogP contribution in [0.3, 0.4) is 0 Å². The molecule has 0 aliphatic rings. The highest BCUT2D eigenvalue weighted by Gasteiger charge is 2.12. The second-order valence-corrected chi connectivity index (χ2v) is 3.99. The fourth-order valence-electron chi connectivity index (χ4n) is 1.81. The minimum absolute atomic E-state index is 0.567. The van der Waals surface area contributed by atoms with E-state index in [1.165, 1.54) is 0 Å². The lowest BCUT2D eigenvalue weighted by molar-refractivity contribution is 0.219. The van der Waals surface area contributed by atoms with E-state index in [0.29, 0.717) is 0 Å². The Morgan fingerprint density at radius 1 is 1.12 bits per heavy atom. The van der Waals surface area contributed by atoms with E-state index in [0.717, 1.165) is 22.4 Å². The first-order chi connectivity index (χ1) is 7.68. The molecule has 2 aromatic rings. The Bertz CT molecular complexity index is 494. The Hall–Kier alpha value is -1.67. The minimum Gasteiger partial charge on any atom is -0.384 e. The highest BCUT2D eigenvalue weighted by molar-refractivity contribution is 5.34. The highest BCUT2D eigenvalue weighted by atomic mass is 16.3. The summed E-state index contributed by atoms with van der Waals surface area (Å²) in [5, 5.41) is 10.3. The van der Waals surface area contributed by atoms with Crippen molar-refractivity contribution in [1.29, 1.82) is 0 Å². The lowest BCUT2D eigenvalue weighted by atomic mass is 9.98. The van der Waals surface area contributed by atoms with Crippen molar-refractivity contribution in [3.8, 4) is 0 Å². The summed E-state index contributed by atoms with van der Waals surface area (Å²) in [6, 6.07) is 11.6. The van der Waals surface area contributed by atoms with Crippen LogP contribution in [-0.4, -0.2) is 10.1 Å². The maximum absolute atomic E-state index is 10.3. The van der Waals surface area contributed by atoms with Crippen LogP contribution in [0.2, 0.25) is 0 Å². The second-order valence-electron chi connectivity index (χ2n) is 3.99. The predicted molar refractivity (Wildman–Crippen MR) is 64.2 cm³/mol. The normalized spacial score (nSPS) is 12.4. The van der Waals surface area contributed by atoms with Crippen LogP contribution in [0.25, 0.3) is 0 Å². The first-order valence-corrected chi connectivity index (χ1v) is 5.34. The molecule has 0 bridgehead atoms. The van der Waals surface area contributed by atoms with Crippen LogP contribution in [0.4, 0.5) is 0 Å². The maximum atomic E-state index is 10.3. The third-order valence-electron chi connectivity index (χ3n) is 2.72. The van der Waals surface area contributed by atoms with Gasteiger partial charge in [0.1, 0.15) is 6.10 Å². The molecule has 0 fully saturated rings.